The van der Waals surface area contributed by atoms with Gasteiger partial charge in [0.1, 0.15) is 0 Å². The summed E-state index contributed by atoms with van der Waals surface area (Å²) in [6.45, 7) is 4.45. The third-order valence-corrected chi connectivity index (χ3v) is 4.29. The third kappa shape index (κ3) is 4.37. The number of rotatable bonds is 4. The van der Waals surface area contributed by atoms with Gasteiger partial charge in [-0.3, -0.25) is 0 Å². The molecule has 0 aliphatic carbocycles. The molecule has 2 N–H and O–H groups in total. The predicted octanol–water partition coefficient (Wildman–Crippen LogP) is 2.70. The highest BCUT2D eigenvalue weighted by molar-refractivity contribution is 6.31. The first-order valence-electron chi connectivity index (χ1n) is 6.95. The lowest BCUT2D eigenvalue weighted by Gasteiger charge is -2.31. The Morgan fingerprint density at radius 1 is 1.37 bits per heavy atom. The smallest absolute Gasteiger partial charge is 0.0452 e. The molecule has 1 aliphatic heterocycles. The highest BCUT2D eigenvalue weighted by Crippen LogP contribution is 2.22. The van der Waals surface area contributed by atoms with Crippen LogP contribution in [0.15, 0.2) is 18.2 Å². The second-order valence-corrected chi connectivity index (χ2v) is 6.20. The molecule has 0 spiro atoms. The van der Waals surface area contributed by atoms with Crippen LogP contribution >= 0.6 is 11.6 Å². The van der Waals surface area contributed by atoms with E-state index in [4.69, 9.17) is 17.3 Å². The molecule has 1 aromatic rings. The standard InChI is InChI=1S/C15H24ClN3/c1-18-7-5-12(6-8-18)10-19(2)11-13-9-14(17)3-4-15(13)16/h3-4,9,12H,5-8,10-11,17H2,1-2H3. The van der Waals surface area contributed by atoms with Crippen LogP contribution in [0.25, 0.3) is 0 Å². The van der Waals surface area contributed by atoms with E-state index in [9.17, 15) is 0 Å². The normalized spacial score (nSPS) is 18.1. The lowest BCUT2D eigenvalue weighted by molar-refractivity contribution is 0.173. The zero-order valence-electron chi connectivity index (χ0n) is 11.9. The number of benzene rings is 1. The van der Waals surface area contributed by atoms with Crippen molar-refractivity contribution in [3.8, 4) is 0 Å². The maximum Gasteiger partial charge on any atom is 0.0452 e. The average molecular weight is 282 g/mol. The number of hydrogen-bond donors (Lipinski definition) is 1. The Kier molecular flexibility index (Phi) is 5.08. The fraction of sp³-hybridized carbons (Fsp3) is 0.600. The molecule has 4 heteroatoms. The molecule has 0 amide bonds. The van der Waals surface area contributed by atoms with E-state index in [0.29, 0.717) is 0 Å². The van der Waals surface area contributed by atoms with Gasteiger partial charge in [0.05, 0.1) is 0 Å². The molecule has 1 saturated heterocycles. The van der Waals surface area contributed by atoms with Gasteiger partial charge in [-0.2, -0.15) is 0 Å². The molecule has 1 aliphatic rings. The van der Waals surface area contributed by atoms with Crippen molar-refractivity contribution < 1.29 is 0 Å². The molecule has 1 fully saturated rings. The fourth-order valence-corrected chi connectivity index (χ4v) is 2.93. The van der Waals surface area contributed by atoms with Crippen LogP contribution in [-0.2, 0) is 6.54 Å². The van der Waals surface area contributed by atoms with Crippen molar-refractivity contribution in [2.24, 2.45) is 5.92 Å². The summed E-state index contributed by atoms with van der Waals surface area (Å²) < 4.78 is 0. The van der Waals surface area contributed by atoms with E-state index in [0.717, 1.165) is 35.3 Å². The van der Waals surface area contributed by atoms with Crippen LogP contribution in [0.1, 0.15) is 18.4 Å². The van der Waals surface area contributed by atoms with Crippen molar-refractivity contribution in [3.63, 3.8) is 0 Å². The second kappa shape index (κ2) is 6.60. The molecule has 1 heterocycles. The monoisotopic (exact) mass is 281 g/mol. The second-order valence-electron chi connectivity index (χ2n) is 5.79. The van der Waals surface area contributed by atoms with E-state index >= 15 is 0 Å². The summed E-state index contributed by atoms with van der Waals surface area (Å²) in [6.07, 6.45) is 2.59. The van der Waals surface area contributed by atoms with Crippen LogP contribution in [0, 0.1) is 5.92 Å². The molecular weight excluding hydrogens is 258 g/mol. The maximum atomic E-state index is 6.21. The van der Waals surface area contributed by atoms with Crippen LogP contribution in [0.3, 0.4) is 0 Å². The van der Waals surface area contributed by atoms with Crippen LogP contribution in [-0.4, -0.2) is 43.5 Å². The maximum absolute atomic E-state index is 6.21. The van der Waals surface area contributed by atoms with Gasteiger partial charge in [-0.15, -0.1) is 0 Å². The van der Waals surface area contributed by atoms with Gasteiger partial charge in [0, 0.05) is 23.8 Å². The van der Waals surface area contributed by atoms with Crippen molar-refractivity contribution in [1.82, 2.24) is 9.80 Å². The number of halogens is 1. The minimum absolute atomic E-state index is 0.784. The molecule has 0 unspecified atom stereocenters. The van der Waals surface area contributed by atoms with Crippen LogP contribution < -0.4 is 5.73 Å². The zero-order valence-corrected chi connectivity index (χ0v) is 12.7. The topological polar surface area (TPSA) is 32.5 Å². The largest absolute Gasteiger partial charge is 0.399 e. The van der Waals surface area contributed by atoms with E-state index in [1.54, 1.807) is 0 Å². The summed E-state index contributed by atoms with van der Waals surface area (Å²) in [5.41, 5.74) is 7.73. The Labute approximate surface area is 121 Å². The number of nitrogens with zero attached hydrogens (tertiary/aromatic N) is 2. The number of nitrogen functional groups attached to an aromatic ring is 1. The summed E-state index contributed by atoms with van der Waals surface area (Å²) in [6, 6.07) is 5.71. The Hall–Kier alpha value is -0.770. The molecule has 106 valence electrons. The molecule has 1 aromatic carbocycles. The van der Waals surface area contributed by atoms with Gasteiger partial charge in [0.15, 0.2) is 0 Å². The minimum atomic E-state index is 0.784. The number of likely N-dealkylation sites (tertiary alicyclic amines) is 1. The summed E-state index contributed by atoms with van der Waals surface area (Å²) in [7, 11) is 4.37. The molecule has 0 atom stereocenters. The van der Waals surface area contributed by atoms with Crippen molar-refractivity contribution in [1.29, 1.82) is 0 Å². The van der Waals surface area contributed by atoms with Crippen molar-refractivity contribution in [2.45, 2.75) is 19.4 Å². The first-order chi connectivity index (χ1) is 9.04. The van der Waals surface area contributed by atoms with Gasteiger partial charge in [-0.05, 0) is 69.7 Å². The van der Waals surface area contributed by atoms with Crippen molar-refractivity contribution >= 4 is 17.3 Å². The van der Waals surface area contributed by atoms with Gasteiger partial charge >= 0.3 is 0 Å². The number of nitrogens with two attached hydrogens (primary N) is 1. The highest BCUT2D eigenvalue weighted by Gasteiger charge is 2.18. The molecule has 2 rings (SSSR count). The fourth-order valence-electron chi connectivity index (χ4n) is 2.76. The van der Waals surface area contributed by atoms with E-state index < -0.39 is 0 Å². The van der Waals surface area contributed by atoms with E-state index in [-0.39, 0.29) is 0 Å². The quantitative estimate of drug-likeness (QED) is 0.862. The van der Waals surface area contributed by atoms with Gasteiger partial charge in [0.25, 0.3) is 0 Å². The van der Waals surface area contributed by atoms with E-state index in [2.05, 4.69) is 23.9 Å². The summed E-state index contributed by atoms with van der Waals surface area (Å²) >= 11 is 6.21. The molecule has 0 radical (unpaired) electrons. The molecule has 0 bridgehead atoms. The third-order valence-electron chi connectivity index (χ3n) is 3.92. The molecule has 0 saturated carbocycles. The minimum Gasteiger partial charge on any atom is -0.399 e. The lowest BCUT2D eigenvalue weighted by Crippen LogP contribution is -2.35. The van der Waals surface area contributed by atoms with Crippen molar-refractivity contribution in [3.05, 3.63) is 28.8 Å². The van der Waals surface area contributed by atoms with Gasteiger partial charge in [0.2, 0.25) is 0 Å². The molecule has 0 aromatic heterocycles. The lowest BCUT2D eigenvalue weighted by atomic mass is 9.96. The van der Waals surface area contributed by atoms with Gasteiger partial charge < -0.3 is 15.5 Å². The zero-order chi connectivity index (χ0) is 13.8. The number of anilines is 1. The Balaban J connectivity index is 1.87. The Bertz CT molecular complexity index is 414. The Morgan fingerprint density at radius 3 is 2.74 bits per heavy atom. The van der Waals surface area contributed by atoms with E-state index in [1.807, 2.05) is 18.2 Å². The number of piperidine rings is 1. The summed E-state index contributed by atoms with van der Waals surface area (Å²) in [5, 5.41) is 0.810. The highest BCUT2D eigenvalue weighted by atomic mass is 35.5. The average Bonchev–Trinajstić information content (AvgIpc) is 2.37. The van der Waals surface area contributed by atoms with Crippen LogP contribution in [0.2, 0.25) is 5.02 Å². The SMILES string of the molecule is CN1CCC(CN(C)Cc2cc(N)ccc2Cl)CC1. The van der Waals surface area contributed by atoms with Crippen LogP contribution in [0.5, 0.6) is 0 Å². The van der Waals surface area contributed by atoms with Gasteiger partial charge in [-0.1, -0.05) is 11.6 Å². The van der Waals surface area contributed by atoms with E-state index in [1.165, 1.54) is 25.9 Å². The first-order valence-corrected chi connectivity index (χ1v) is 7.33. The molecular formula is C15H24ClN3. The summed E-state index contributed by atoms with van der Waals surface area (Å²) in [4.78, 5) is 4.77. The molecule has 19 heavy (non-hydrogen) atoms. The summed E-state index contributed by atoms with van der Waals surface area (Å²) in [5.74, 6) is 0.807. The van der Waals surface area contributed by atoms with Crippen LogP contribution in [0.4, 0.5) is 5.69 Å². The van der Waals surface area contributed by atoms with Crippen molar-refractivity contribution in [2.75, 3.05) is 39.5 Å². The van der Waals surface area contributed by atoms with Gasteiger partial charge in [-0.25, -0.2) is 0 Å². The Morgan fingerprint density at radius 2 is 2.05 bits per heavy atom. The molecule has 3 nitrogen and oxygen atoms in total. The first kappa shape index (κ1) is 14.6. The predicted molar refractivity (Wildman–Crippen MR) is 82.4 cm³/mol. The number of hydrogen-bond acceptors (Lipinski definition) is 3.